The van der Waals surface area contributed by atoms with Gasteiger partial charge in [0.15, 0.2) is 0 Å². The van der Waals surface area contributed by atoms with Crippen molar-refractivity contribution in [2.75, 3.05) is 25.0 Å². The molecule has 3 rings (SSSR count). The SMILES string of the molecule is CCCCCCCN(CCO[C@@H]1CCC[C@H](OCc2cccc(C)c2C(=O)O)C1)C(=O)Nc1ccccc1C. The molecule has 7 heteroatoms. The Morgan fingerprint density at radius 2 is 1.64 bits per heavy atom. The normalized spacial score (nSPS) is 17.1. The van der Waals surface area contributed by atoms with Crippen LogP contribution in [0.15, 0.2) is 42.5 Å². The van der Waals surface area contributed by atoms with E-state index in [1.807, 2.05) is 61.2 Å². The van der Waals surface area contributed by atoms with E-state index >= 15 is 0 Å². The Morgan fingerprint density at radius 3 is 2.38 bits per heavy atom. The van der Waals surface area contributed by atoms with Gasteiger partial charge in [-0.3, -0.25) is 0 Å². The van der Waals surface area contributed by atoms with Crippen LogP contribution in [0, 0.1) is 13.8 Å². The van der Waals surface area contributed by atoms with Crippen molar-refractivity contribution in [3.63, 3.8) is 0 Å². The molecule has 0 bridgehead atoms. The van der Waals surface area contributed by atoms with Gasteiger partial charge in [0, 0.05) is 18.8 Å². The summed E-state index contributed by atoms with van der Waals surface area (Å²) in [4.78, 5) is 26.7. The lowest BCUT2D eigenvalue weighted by molar-refractivity contribution is -0.0523. The number of unbranched alkanes of at least 4 members (excludes halogenated alkanes) is 4. The van der Waals surface area contributed by atoms with Crippen molar-refractivity contribution in [1.29, 1.82) is 0 Å². The van der Waals surface area contributed by atoms with Crippen LogP contribution in [0.1, 0.15) is 91.8 Å². The number of nitrogens with one attached hydrogen (secondary N) is 1. The number of ether oxygens (including phenoxy) is 2. The average molecular weight is 539 g/mol. The summed E-state index contributed by atoms with van der Waals surface area (Å²) in [5.41, 5.74) is 3.67. The number of nitrogens with zero attached hydrogens (tertiary/aromatic N) is 1. The molecular weight excluding hydrogens is 492 g/mol. The van der Waals surface area contributed by atoms with E-state index in [2.05, 4.69) is 12.2 Å². The Kier molecular flexibility index (Phi) is 12.8. The molecule has 39 heavy (non-hydrogen) atoms. The Bertz CT molecular complexity index is 1060. The van der Waals surface area contributed by atoms with E-state index in [0.717, 1.165) is 55.3 Å². The van der Waals surface area contributed by atoms with Crippen molar-refractivity contribution in [2.45, 2.75) is 97.4 Å². The summed E-state index contributed by atoms with van der Waals surface area (Å²) in [6.07, 6.45) is 9.52. The van der Waals surface area contributed by atoms with Crippen LogP contribution in [0.3, 0.4) is 0 Å². The number of urea groups is 1. The van der Waals surface area contributed by atoms with Crippen molar-refractivity contribution in [3.05, 3.63) is 64.7 Å². The largest absolute Gasteiger partial charge is 0.478 e. The second kappa shape index (κ2) is 16.3. The van der Waals surface area contributed by atoms with E-state index in [9.17, 15) is 14.7 Å². The first-order valence-corrected chi connectivity index (χ1v) is 14.6. The van der Waals surface area contributed by atoms with Crippen LogP contribution in [0.4, 0.5) is 10.5 Å². The highest BCUT2D eigenvalue weighted by atomic mass is 16.5. The van der Waals surface area contributed by atoms with Crippen molar-refractivity contribution in [1.82, 2.24) is 4.90 Å². The monoisotopic (exact) mass is 538 g/mol. The molecule has 2 atom stereocenters. The maximum atomic E-state index is 13.1. The molecule has 1 fully saturated rings. The van der Waals surface area contributed by atoms with Crippen LogP contribution in [0.5, 0.6) is 0 Å². The Labute approximate surface area is 233 Å². The number of benzene rings is 2. The molecule has 0 radical (unpaired) electrons. The molecular formula is C32H46N2O5. The lowest BCUT2D eigenvalue weighted by Gasteiger charge is -2.30. The third-order valence-electron chi connectivity index (χ3n) is 7.55. The molecule has 0 unspecified atom stereocenters. The summed E-state index contributed by atoms with van der Waals surface area (Å²) in [6, 6.07) is 13.3. The molecule has 0 aliphatic heterocycles. The molecule has 214 valence electrons. The fraction of sp³-hybridized carbons (Fsp3) is 0.562. The number of hydrogen-bond acceptors (Lipinski definition) is 4. The summed E-state index contributed by atoms with van der Waals surface area (Å²) in [5, 5.41) is 12.7. The Morgan fingerprint density at radius 1 is 0.923 bits per heavy atom. The van der Waals surface area contributed by atoms with Crippen LogP contribution in [0.25, 0.3) is 0 Å². The number of anilines is 1. The average Bonchev–Trinajstić information content (AvgIpc) is 2.92. The third-order valence-corrected chi connectivity index (χ3v) is 7.55. The molecule has 0 aromatic heterocycles. The number of carboxylic acids is 1. The van der Waals surface area contributed by atoms with Gasteiger partial charge in [0.25, 0.3) is 0 Å². The molecule has 0 spiro atoms. The number of para-hydroxylation sites is 1. The minimum atomic E-state index is -0.919. The number of carbonyl (C=O) groups is 2. The van der Waals surface area contributed by atoms with E-state index in [4.69, 9.17) is 9.47 Å². The number of amides is 2. The summed E-state index contributed by atoms with van der Waals surface area (Å²) in [5.74, 6) is -0.919. The standard InChI is InChI=1S/C32H46N2O5/c1-4-5-6-7-10-19-34(32(37)33-29-18-9-8-13-24(29)2)20-21-38-27-16-12-17-28(22-27)39-23-26-15-11-14-25(3)30(26)31(35)36/h8-9,11,13-15,18,27-28H,4-7,10,12,16-17,19-23H2,1-3H3,(H,33,37)(H,35,36)/t27-,28+/m1/s1. The van der Waals surface area contributed by atoms with Crippen LogP contribution >= 0.6 is 0 Å². The molecule has 0 heterocycles. The van der Waals surface area contributed by atoms with E-state index in [-0.39, 0.29) is 24.8 Å². The van der Waals surface area contributed by atoms with Crippen molar-refractivity contribution < 1.29 is 24.2 Å². The second-order valence-electron chi connectivity index (χ2n) is 10.7. The van der Waals surface area contributed by atoms with Gasteiger partial charge in [0.2, 0.25) is 0 Å². The number of rotatable bonds is 15. The molecule has 0 saturated heterocycles. The number of carboxylic acid groups (broad SMARTS) is 1. The van der Waals surface area contributed by atoms with Gasteiger partial charge < -0.3 is 24.8 Å². The van der Waals surface area contributed by atoms with Gasteiger partial charge in [-0.05, 0) is 68.7 Å². The summed E-state index contributed by atoms with van der Waals surface area (Å²) in [6.45, 7) is 8.03. The predicted molar refractivity (Wildman–Crippen MR) is 155 cm³/mol. The lowest BCUT2D eigenvalue weighted by Crippen LogP contribution is -2.39. The number of carbonyl (C=O) groups excluding carboxylic acids is 1. The highest BCUT2D eigenvalue weighted by Gasteiger charge is 2.24. The smallest absolute Gasteiger partial charge is 0.336 e. The number of hydrogen-bond donors (Lipinski definition) is 2. The minimum absolute atomic E-state index is 0.0323. The zero-order valence-corrected chi connectivity index (χ0v) is 23.9. The third kappa shape index (κ3) is 9.97. The Hall–Kier alpha value is -2.90. The second-order valence-corrected chi connectivity index (χ2v) is 10.7. The fourth-order valence-corrected chi connectivity index (χ4v) is 5.23. The minimum Gasteiger partial charge on any atom is -0.478 e. The number of aryl methyl sites for hydroxylation is 2. The molecule has 2 amide bonds. The molecule has 2 N–H and O–H groups in total. The number of aromatic carboxylic acids is 1. The van der Waals surface area contributed by atoms with E-state index in [1.165, 1.54) is 19.3 Å². The van der Waals surface area contributed by atoms with Crippen molar-refractivity contribution in [2.24, 2.45) is 0 Å². The van der Waals surface area contributed by atoms with Crippen LogP contribution in [-0.2, 0) is 16.1 Å². The molecule has 7 nitrogen and oxygen atoms in total. The van der Waals surface area contributed by atoms with Gasteiger partial charge in [-0.2, -0.15) is 0 Å². The molecule has 1 aliphatic carbocycles. The molecule has 1 saturated carbocycles. The maximum Gasteiger partial charge on any atom is 0.336 e. The zero-order chi connectivity index (χ0) is 28.0. The Balaban J connectivity index is 1.49. The summed E-state index contributed by atoms with van der Waals surface area (Å²) >= 11 is 0. The van der Waals surface area contributed by atoms with E-state index in [0.29, 0.717) is 30.8 Å². The predicted octanol–water partition coefficient (Wildman–Crippen LogP) is 7.35. The molecule has 2 aromatic carbocycles. The lowest BCUT2D eigenvalue weighted by atomic mass is 9.94. The van der Waals surface area contributed by atoms with Crippen LogP contribution in [0.2, 0.25) is 0 Å². The topological polar surface area (TPSA) is 88.1 Å². The van der Waals surface area contributed by atoms with E-state index in [1.54, 1.807) is 0 Å². The van der Waals surface area contributed by atoms with Gasteiger partial charge in [-0.1, -0.05) is 69.0 Å². The maximum absolute atomic E-state index is 13.1. The summed E-state index contributed by atoms with van der Waals surface area (Å²) < 4.78 is 12.4. The van der Waals surface area contributed by atoms with Crippen LogP contribution < -0.4 is 5.32 Å². The van der Waals surface area contributed by atoms with Gasteiger partial charge in [-0.15, -0.1) is 0 Å². The molecule has 1 aliphatic rings. The van der Waals surface area contributed by atoms with Crippen molar-refractivity contribution >= 4 is 17.7 Å². The highest BCUT2D eigenvalue weighted by molar-refractivity contribution is 5.91. The quantitative estimate of drug-likeness (QED) is 0.231. The van der Waals surface area contributed by atoms with Gasteiger partial charge in [0.05, 0.1) is 31.0 Å². The van der Waals surface area contributed by atoms with Gasteiger partial charge in [-0.25, -0.2) is 9.59 Å². The van der Waals surface area contributed by atoms with Crippen LogP contribution in [-0.4, -0.2) is 53.9 Å². The first-order chi connectivity index (χ1) is 18.9. The van der Waals surface area contributed by atoms with Crippen molar-refractivity contribution in [3.8, 4) is 0 Å². The fourth-order valence-electron chi connectivity index (χ4n) is 5.23. The first-order valence-electron chi connectivity index (χ1n) is 14.6. The first kappa shape index (κ1) is 30.6. The highest BCUT2D eigenvalue weighted by Crippen LogP contribution is 2.25. The molecule has 2 aromatic rings. The van der Waals surface area contributed by atoms with Gasteiger partial charge >= 0.3 is 12.0 Å². The van der Waals surface area contributed by atoms with E-state index < -0.39 is 5.97 Å². The zero-order valence-electron chi connectivity index (χ0n) is 23.9. The summed E-state index contributed by atoms with van der Waals surface area (Å²) in [7, 11) is 0. The van der Waals surface area contributed by atoms with Gasteiger partial charge in [0.1, 0.15) is 0 Å².